The van der Waals surface area contributed by atoms with E-state index >= 15 is 0 Å². The molecular weight excluding hydrogens is 204 g/mol. The Bertz CT molecular complexity index is 295. The van der Waals surface area contributed by atoms with E-state index < -0.39 is 6.29 Å². The first-order valence-corrected chi connectivity index (χ1v) is 5.39. The Hall–Kier alpha value is -1.19. The number of aliphatic hydroxyl groups excluding tert-OH is 1. The first-order chi connectivity index (χ1) is 7.60. The number of ether oxygens (including phenoxy) is 1. The van der Waals surface area contributed by atoms with Crippen LogP contribution in [0.3, 0.4) is 0 Å². The molecule has 0 aromatic heterocycles. The molecule has 0 aliphatic heterocycles. The highest BCUT2D eigenvalue weighted by Crippen LogP contribution is 2.02. The number of rotatable bonds is 4. The standard InChI is InChI=1S/C9H10O.C4H10O2/c1-8-3-2-4-9(7-8)5-6-10;1-3-6-4(2)5/h2-4,6-7H,5H2,1H3;4-5H,3H2,1-2H3. The molecule has 0 saturated carbocycles. The Labute approximate surface area is 97.1 Å². The third-order valence-electron chi connectivity index (χ3n) is 1.81. The number of hydrogen-bond acceptors (Lipinski definition) is 3. The molecule has 1 unspecified atom stereocenters. The highest BCUT2D eigenvalue weighted by molar-refractivity contribution is 5.54. The maximum atomic E-state index is 10.1. The summed E-state index contributed by atoms with van der Waals surface area (Å²) in [6.45, 7) is 6.03. The summed E-state index contributed by atoms with van der Waals surface area (Å²) in [6.07, 6.45) is 0.853. The number of hydrogen-bond donors (Lipinski definition) is 1. The number of aliphatic hydroxyl groups is 1. The van der Waals surface area contributed by atoms with Crippen molar-refractivity contribution in [2.45, 2.75) is 33.5 Å². The van der Waals surface area contributed by atoms with Crippen LogP contribution < -0.4 is 0 Å². The summed E-state index contributed by atoms with van der Waals surface area (Å²) in [6, 6.07) is 7.97. The molecule has 1 rings (SSSR count). The maximum Gasteiger partial charge on any atom is 0.151 e. The van der Waals surface area contributed by atoms with E-state index in [9.17, 15) is 4.79 Å². The molecule has 0 radical (unpaired) electrons. The van der Waals surface area contributed by atoms with Crippen molar-refractivity contribution in [1.82, 2.24) is 0 Å². The van der Waals surface area contributed by atoms with Gasteiger partial charge in [-0.1, -0.05) is 29.8 Å². The van der Waals surface area contributed by atoms with Crippen LogP contribution in [0.5, 0.6) is 0 Å². The van der Waals surface area contributed by atoms with Crippen LogP contribution in [0.15, 0.2) is 24.3 Å². The number of carbonyl (C=O) groups excluding carboxylic acids is 1. The molecule has 1 N–H and O–H groups in total. The average molecular weight is 224 g/mol. The summed E-state index contributed by atoms with van der Waals surface area (Å²) in [7, 11) is 0. The zero-order valence-electron chi connectivity index (χ0n) is 10.1. The van der Waals surface area contributed by atoms with Crippen molar-refractivity contribution < 1.29 is 14.6 Å². The molecule has 1 atom stereocenters. The highest BCUT2D eigenvalue weighted by Gasteiger charge is 1.89. The van der Waals surface area contributed by atoms with E-state index in [0.29, 0.717) is 13.0 Å². The predicted molar refractivity (Wildman–Crippen MR) is 64.3 cm³/mol. The van der Waals surface area contributed by atoms with Gasteiger partial charge < -0.3 is 14.6 Å². The van der Waals surface area contributed by atoms with Crippen molar-refractivity contribution in [3.63, 3.8) is 0 Å². The number of benzene rings is 1. The summed E-state index contributed by atoms with van der Waals surface area (Å²) in [5.74, 6) is 0. The van der Waals surface area contributed by atoms with Crippen molar-refractivity contribution >= 4 is 6.29 Å². The van der Waals surface area contributed by atoms with Crippen LogP contribution >= 0.6 is 0 Å². The number of aldehydes is 1. The number of carbonyl (C=O) groups is 1. The van der Waals surface area contributed by atoms with E-state index in [-0.39, 0.29) is 0 Å². The van der Waals surface area contributed by atoms with E-state index in [2.05, 4.69) is 4.74 Å². The molecule has 0 spiro atoms. The van der Waals surface area contributed by atoms with Crippen molar-refractivity contribution in [2.75, 3.05) is 6.61 Å². The summed E-state index contributed by atoms with van der Waals surface area (Å²) in [5.41, 5.74) is 2.30. The van der Waals surface area contributed by atoms with E-state index in [0.717, 1.165) is 11.8 Å². The summed E-state index contributed by atoms with van der Waals surface area (Å²) in [5, 5.41) is 8.33. The predicted octanol–water partition coefficient (Wildman–Crippen LogP) is 2.10. The molecule has 0 amide bonds. The molecule has 0 bridgehead atoms. The SMILES string of the molecule is CCOC(C)O.Cc1cccc(CC=O)c1. The number of aryl methyl sites for hydroxylation is 1. The second kappa shape index (κ2) is 9.07. The van der Waals surface area contributed by atoms with Crippen molar-refractivity contribution in [1.29, 1.82) is 0 Å². The van der Waals surface area contributed by atoms with E-state index in [1.165, 1.54) is 5.56 Å². The van der Waals surface area contributed by atoms with Gasteiger partial charge in [0.1, 0.15) is 6.29 Å². The molecule has 1 aromatic carbocycles. The minimum Gasteiger partial charge on any atom is -0.368 e. The monoisotopic (exact) mass is 224 g/mol. The second-order valence-corrected chi connectivity index (χ2v) is 3.41. The van der Waals surface area contributed by atoms with Gasteiger partial charge in [-0.2, -0.15) is 0 Å². The third kappa shape index (κ3) is 8.15. The smallest absolute Gasteiger partial charge is 0.151 e. The van der Waals surface area contributed by atoms with E-state index in [1.807, 2.05) is 38.1 Å². The molecule has 0 fully saturated rings. The average Bonchev–Trinajstić information content (AvgIpc) is 2.18. The lowest BCUT2D eigenvalue weighted by Crippen LogP contribution is -2.04. The molecular formula is C13H20O3. The van der Waals surface area contributed by atoms with Gasteiger partial charge in [-0.3, -0.25) is 0 Å². The summed E-state index contributed by atoms with van der Waals surface area (Å²) >= 11 is 0. The molecule has 0 heterocycles. The lowest BCUT2D eigenvalue weighted by molar-refractivity contribution is -0.107. The second-order valence-electron chi connectivity index (χ2n) is 3.41. The largest absolute Gasteiger partial charge is 0.368 e. The van der Waals surface area contributed by atoms with Crippen LogP contribution in [-0.4, -0.2) is 24.3 Å². The van der Waals surface area contributed by atoms with Gasteiger partial charge in [-0.05, 0) is 26.3 Å². The summed E-state index contributed by atoms with van der Waals surface area (Å²) < 4.78 is 4.60. The molecule has 90 valence electrons. The molecule has 0 aliphatic rings. The third-order valence-corrected chi connectivity index (χ3v) is 1.81. The van der Waals surface area contributed by atoms with Crippen LogP contribution in [0.4, 0.5) is 0 Å². The minimum atomic E-state index is -0.602. The maximum absolute atomic E-state index is 10.1. The fourth-order valence-electron chi connectivity index (χ4n) is 1.18. The van der Waals surface area contributed by atoms with Crippen LogP contribution in [0.1, 0.15) is 25.0 Å². The summed E-state index contributed by atoms with van der Waals surface area (Å²) in [4.78, 5) is 10.1. The van der Waals surface area contributed by atoms with Gasteiger partial charge in [-0.15, -0.1) is 0 Å². The Morgan fingerprint density at radius 1 is 1.50 bits per heavy atom. The Kier molecular flexibility index (Phi) is 8.39. The van der Waals surface area contributed by atoms with Crippen LogP contribution in [-0.2, 0) is 16.0 Å². The van der Waals surface area contributed by atoms with E-state index in [4.69, 9.17) is 5.11 Å². The molecule has 1 aromatic rings. The molecule has 16 heavy (non-hydrogen) atoms. The fourth-order valence-corrected chi connectivity index (χ4v) is 1.18. The molecule has 3 heteroatoms. The first-order valence-electron chi connectivity index (χ1n) is 5.39. The van der Waals surface area contributed by atoms with Crippen LogP contribution in [0.2, 0.25) is 0 Å². The van der Waals surface area contributed by atoms with Gasteiger partial charge in [0.05, 0.1) is 0 Å². The fraction of sp³-hybridized carbons (Fsp3) is 0.462. The van der Waals surface area contributed by atoms with Gasteiger partial charge in [0.15, 0.2) is 6.29 Å². The topological polar surface area (TPSA) is 46.5 Å². The van der Waals surface area contributed by atoms with Gasteiger partial charge in [0.2, 0.25) is 0 Å². The Balaban J connectivity index is 0.000000325. The first kappa shape index (κ1) is 14.8. The van der Waals surface area contributed by atoms with Gasteiger partial charge >= 0.3 is 0 Å². The van der Waals surface area contributed by atoms with Crippen molar-refractivity contribution in [3.8, 4) is 0 Å². The molecule has 3 nitrogen and oxygen atoms in total. The quantitative estimate of drug-likeness (QED) is 0.629. The van der Waals surface area contributed by atoms with Gasteiger partial charge in [-0.25, -0.2) is 0 Å². The minimum absolute atomic E-state index is 0.529. The van der Waals surface area contributed by atoms with Gasteiger partial charge in [0, 0.05) is 13.0 Å². The molecule has 0 aliphatic carbocycles. The lowest BCUT2D eigenvalue weighted by atomic mass is 10.1. The molecule has 0 saturated heterocycles. The zero-order chi connectivity index (χ0) is 12.4. The van der Waals surface area contributed by atoms with Crippen LogP contribution in [0, 0.1) is 6.92 Å². The van der Waals surface area contributed by atoms with Crippen LogP contribution in [0.25, 0.3) is 0 Å². The van der Waals surface area contributed by atoms with Crippen molar-refractivity contribution in [2.24, 2.45) is 0 Å². The Morgan fingerprint density at radius 2 is 2.19 bits per heavy atom. The zero-order valence-corrected chi connectivity index (χ0v) is 10.1. The Morgan fingerprint density at radius 3 is 2.56 bits per heavy atom. The van der Waals surface area contributed by atoms with E-state index in [1.54, 1.807) is 6.92 Å². The lowest BCUT2D eigenvalue weighted by Gasteiger charge is -1.99. The van der Waals surface area contributed by atoms with Gasteiger partial charge in [0.25, 0.3) is 0 Å². The highest BCUT2D eigenvalue weighted by atomic mass is 16.6. The van der Waals surface area contributed by atoms with Crippen molar-refractivity contribution in [3.05, 3.63) is 35.4 Å². The normalized spacial score (nSPS) is 11.2.